The Balaban J connectivity index is 1.49. The number of carbonyl (C=O) groups is 1. The maximum atomic E-state index is 13.3. The second-order valence-electron chi connectivity index (χ2n) is 8.93. The molecule has 186 valence electrons. The summed E-state index contributed by atoms with van der Waals surface area (Å²) >= 11 is 5.99. The first-order chi connectivity index (χ1) is 17.3. The highest BCUT2D eigenvalue weighted by Gasteiger charge is 2.36. The molecular weight excluding hydrogens is 489 g/mol. The Morgan fingerprint density at radius 3 is 2.69 bits per heavy atom. The van der Waals surface area contributed by atoms with Crippen LogP contribution in [0.5, 0.6) is 0 Å². The number of hydrogen-bond donors (Lipinski definition) is 3. The number of nitrogens with one attached hydrogen (secondary N) is 3. The third-order valence-corrected chi connectivity index (χ3v) is 6.96. The van der Waals surface area contributed by atoms with E-state index in [4.69, 9.17) is 11.6 Å². The van der Waals surface area contributed by atoms with Crippen molar-refractivity contribution in [2.45, 2.75) is 37.5 Å². The van der Waals surface area contributed by atoms with Gasteiger partial charge in [-0.25, -0.2) is 4.98 Å². The van der Waals surface area contributed by atoms with Gasteiger partial charge in [0, 0.05) is 24.0 Å². The molecule has 1 aliphatic rings. The predicted octanol–water partition coefficient (Wildman–Crippen LogP) is 6.52. The van der Waals surface area contributed by atoms with E-state index in [1.54, 1.807) is 0 Å². The number of amides is 1. The van der Waals surface area contributed by atoms with Crippen molar-refractivity contribution in [3.05, 3.63) is 88.8 Å². The Morgan fingerprint density at radius 2 is 1.92 bits per heavy atom. The number of fused-ring (bicyclic) bond motifs is 1. The summed E-state index contributed by atoms with van der Waals surface area (Å²) in [6.07, 6.45) is 0.973. The Labute approximate surface area is 211 Å². The molecule has 2 atom stereocenters. The molecule has 0 bridgehead atoms. The maximum Gasteiger partial charge on any atom is 0.417 e. The number of carbonyl (C=O) groups excluding carboxylic acids is 1. The Hall–Kier alpha value is -3.36. The minimum atomic E-state index is -4.69. The zero-order valence-electron chi connectivity index (χ0n) is 19.2. The largest absolute Gasteiger partial charge is 0.417 e. The van der Waals surface area contributed by atoms with Gasteiger partial charge in [-0.1, -0.05) is 42.3 Å². The highest BCUT2D eigenvalue weighted by atomic mass is 35.5. The zero-order chi connectivity index (χ0) is 25.3. The van der Waals surface area contributed by atoms with Crippen LogP contribution in [0, 0.1) is 0 Å². The van der Waals surface area contributed by atoms with Crippen LogP contribution in [0.3, 0.4) is 0 Å². The molecule has 0 aliphatic carbocycles. The average molecular weight is 513 g/mol. The molecule has 1 unspecified atom stereocenters. The molecule has 1 aliphatic heterocycles. The monoisotopic (exact) mass is 512 g/mol. The molecule has 36 heavy (non-hydrogen) atoms. The lowest BCUT2D eigenvalue weighted by molar-refractivity contribution is -0.137. The molecule has 3 N–H and O–H groups in total. The van der Waals surface area contributed by atoms with Crippen LogP contribution in [-0.4, -0.2) is 28.5 Å². The highest BCUT2D eigenvalue weighted by Crippen LogP contribution is 2.36. The van der Waals surface area contributed by atoms with E-state index in [1.165, 1.54) is 0 Å². The molecule has 5 rings (SSSR count). The minimum Gasteiger partial charge on any atom is -0.361 e. The fraction of sp³-hybridized carbons (Fsp3) is 0.259. The van der Waals surface area contributed by atoms with Gasteiger partial charge in [-0.15, -0.1) is 0 Å². The molecule has 0 radical (unpaired) electrons. The van der Waals surface area contributed by atoms with Gasteiger partial charge in [-0.2, -0.15) is 13.2 Å². The summed E-state index contributed by atoms with van der Waals surface area (Å²) < 4.78 is 40.0. The molecule has 0 spiro atoms. The summed E-state index contributed by atoms with van der Waals surface area (Å²) in [5, 5.41) is 6.76. The second kappa shape index (κ2) is 9.95. The lowest BCUT2D eigenvalue weighted by atomic mass is 9.90. The van der Waals surface area contributed by atoms with Crippen LogP contribution in [0.1, 0.15) is 46.9 Å². The topological polar surface area (TPSA) is 69.8 Å². The van der Waals surface area contributed by atoms with Gasteiger partial charge in [0.1, 0.15) is 5.69 Å². The lowest BCUT2D eigenvalue weighted by Gasteiger charge is -2.32. The number of pyridine rings is 1. The number of aromatic nitrogens is 2. The molecule has 9 heteroatoms. The fourth-order valence-corrected chi connectivity index (χ4v) is 5.06. The number of H-pyrrole nitrogens is 1. The average Bonchev–Trinajstić information content (AvgIpc) is 3.35. The first-order valence-corrected chi connectivity index (χ1v) is 12.1. The van der Waals surface area contributed by atoms with Crippen molar-refractivity contribution < 1.29 is 18.0 Å². The minimum absolute atomic E-state index is 0.0883. The highest BCUT2D eigenvalue weighted by molar-refractivity contribution is 6.34. The van der Waals surface area contributed by atoms with Crippen molar-refractivity contribution in [2.75, 3.05) is 6.54 Å². The van der Waals surface area contributed by atoms with Gasteiger partial charge in [0.15, 0.2) is 0 Å². The van der Waals surface area contributed by atoms with Crippen LogP contribution in [0.4, 0.5) is 13.2 Å². The molecule has 3 heterocycles. The molecule has 0 saturated carbocycles. The third-order valence-electron chi connectivity index (χ3n) is 6.58. The standard InChI is InChI=1S/C27H24ClF3N4O/c28-23-20(27(29,30)31)10-13-34-25(23)26(36)35-24(22-6-1-2-11-32-22)19-5-3-4-16(15-19)17-7-8-21-18(14-17)9-12-33-21/h3-5,7-10,12-15,22,24,32-33H,1-2,6,11H2,(H,35,36)/t22-,24?/m0/s1. The van der Waals surface area contributed by atoms with Gasteiger partial charge in [0.2, 0.25) is 0 Å². The maximum absolute atomic E-state index is 13.3. The van der Waals surface area contributed by atoms with Gasteiger partial charge < -0.3 is 15.6 Å². The van der Waals surface area contributed by atoms with Gasteiger partial charge in [0.25, 0.3) is 5.91 Å². The van der Waals surface area contributed by atoms with Gasteiger partial charge >= 0.3 is 6.18 Å². The number of hydrogen-bond acceptors (Lipinski definition) is 3. The normalized spacial score (nSPS) is 17.2. The van der Waals surface area contributed by atoms with E-state index in [0.29, 0.717) is 0 Å². The lowest BCUT2D eigenvalue weighted by Crippen LogP contribution is -2.46. The summed E-state index contributed by atoms with van der Waals surface area (Å²) in [5.41, 5.74) is 2.35. The number of rotatable bonds is 5. The van der Waals surface area contributed by atoms with Crippen molar-refractivity contribution >= 4 is 28.4 Å². The van der Waals surface area contributed by atoms with Crippen molar-refractivity contribution in [3.63, 3.8) is 0 Å². The van der Waals surface area contributed by atoms with Gasteiger partial charge in [-0.05, 0) is 71.8 Å². The van der Waals surface area contributed by atoms with Crippen molar-refractivity contribution in [1.82, 2.24) is 20.6 Å². The van der Waals surface area contributed by atoms with E-state index in [0.717, 1.165) is 65.7 Å². The molecule has 1 amide bonds. The smallest absolute Gasteiger partial charge is 0.361 e. The van der Waals surface area contributed by atoms with E-state index < -0.39 is 34.4 Å². The first kappa shape index (κ1) is 24.3. The van der Waals surface area contributed by atoms with E-state index >= 15 is 0 Å². The molecular formula is C27H24ClF3N4O. The number of nitrogens with zero attached hydrogens (tertiary/aromatic N) is 1. The van der Waals surface area contributed by atoms with Crippen LogP contribution in [0.2, 0.25) is 5.02 Å². The van der Waals surface area contributed by atoms with E-state index in [9.17, 15) is 18.0 Å². The summed E-state index contributed by atoms with van der Waals surface area (Å²) in [6.45, 7) is 0.795. The van der Waals surface area contributed by atoms with E-state index in [-0.39, 0.29) is 6.04 Å². The quantitative estimate of drug-likeness (QED) is 0.285. The summed E-state index contributed by atoms with van der Waals surface area (Å²) in [6, 6.07) is 16.2. The summed E-state index contributed by atoms with van der Waals surface area (Å²) in [7, 11) is 0. The fourth-order valence-electron chi connectivity index (χ4n) is 4.75. The van der Waals surface area contributed by atoms with Crippen LogP contribution in [-0.2, 0) is 6.18 Å². The molecule has 4 aromatic rings. The van der Waals surface area contributed by atoms with Crippen LogP contribution >= 0.6 is 11.6 Å². The SMILES string of the molecule is O=C(NC(c1cccc(-c2ccc3[nH]ccc3c2)c1)[C@@H]1CCCCN1)c1nccc(C(F)(F)F)c1Cl. The van der Waals surface area contributed by atoms with E-state index in [2.05, 4.69) is 26.7 Å². The third kappa shape index (κ3) is 4.96. The van der Waals surface area contributed by atoms with Gasteiger partial charge in [-0.3, -0.25) is 4.79 Å². The van der Waals surface area contributed by atoms with Crippen molar-refractivity contribution in [1.29, 1.82) is 0 Å². The Morgan fingerprint density at radius 1 is 1.08 bits per heavy atom. The second-order valence-corrected chi connectivity index (χ2v) is 9.31. The number of benzene rings is 2. The number of aromatic amines is 1. The Bertz CT molecular complexity index is 1400. The molecule has 2 aromatic carbocycles. The predicted molar refractivity (Wildman–Crippen MR) is 134 cm³/mol. The molecule has 1 saturated heterocycles. The summed E-state index contributed by atoms with van der Waals surface area (Å²) in [5.74, 6) is -0.748. The molecule has 1 fully saturated rings. The number of alkyl halides is 3. The number of piperidine rings is 1. The van der Waals surface area contributed by atoms with Crippen LogP contribution in [0.15, 0.2) is 67.0 Å². The van der Waals surface area contributed by atoms with Crippen molar-refractivity contribution in [3.8, 4) is 11.1 Å². The first-order valence-electron chi connectivity index (χ1n) is 11.7. The molecule has 2 aromatic heterocycles. The van der Waals surface area contributed by atoms with Gasteiger partial charge in [0.05, 0.1) is 16.6 Å². The zero-order valence-corrected chi connectivity index (χ0v) is 20.0. The van der Waals surface area contributed by atoms with Crippen molar-refractivity contribution in [2.24, 2.45) is 0 Å². The van der Waals surface area contributed by atoms with E-state index in [1.807, 2.05) is 48.7 Å². The summed E-state index contributed by atoms with van der Waals surface area (Å²) in [4.78, 5) is 20.2. The Kier molecular flexibility index (Phi) is 6.73. The number of halogens is 4. The van der Waals surface area contributed by atoms with Crippen LogP contribution < -0.4 is 10.6 Å². The van der Waals surface area contributed by atoms with Crippen LogP contribution in [0.25, 0.3) is 22.0 Å². The molecule has 5 nitrogen and oxygen atoms in total.